The van der Waals surface area contributed by atoms with E-state index in [1.165, 1.54) is 0 Å². The van der Waals surface area contributed by atoms with E-state index in [1.807, 2.05) is 79.8 Å². The van der Waals surface area contributed by atoms with Crippen LogP contribution in [0.1, 0.15) is 80.2 Å². The lowest BCUT2D eigenvalue weighted by molar-refractivity contribution is 0.0792. The van der Waals surface area contributed by atoms with Crippen molar-refractivity contribution in [3.05, 3.63) is 144 Å². The van der Waals surface area contributed by atoms with E-state index >= 15 is 0 Å². The van der Waals surface area contributed by atoms with Gasteiger partial charge in [-0.2, -0.15) is 9.97 Å². The van der Waals surface area contributed by atoms with Crippen LogP contribution in [-0.4, -0.2) is 81.3 Å². The van der Waals surface area contributed by atoms with Crippen LogP contribution in [0.4, 0.5) is 46.3 Å². The molecule has 1 aliphatic rings. The summed E-state index contributed by atoms with van der Waals surface area (Å²) in [6.07, 6.45) is 9.27. The second-order valence-corrected chi connectivity index (χ2v) is 22.7. The van der Waals surface area contributed by atoms with Crippen LogP contribution >= 0.6 is 0 Å². The number of benzene rings is 4. The van der Waals surface area contributed by atoms with Crippen molar-refractivity contribution < 1.29 is 21.6 Å². The van der Waals surface area contributed by atoms with Crippen LogP contribution in [0.15, 0.2) is 126 Å². The maximum atomic E-state index is 13.8. The van der Waals surface area contributed by atoms with E-state index in [4.69, 9.17) is 0 Å². The number of carbonyl (C=O) groups is 1. The third-order valence-electron chi connectivity index (χ3n) is 11.4. The minimum absolute atomic E-state index is 0.0297. The maximum Gasteiger partial charge on any atom is 0.253 e. The minimum Gasteiger partial charge on any atom is -0.340 e. The van der Waals surface area contributed by atoms with Crippen LogP contribution in [0, 0.1) is 20.8 Å². The number of amides is 1. The number of imidazole rings is 1. The van der Waals surface area contributed by atoms with Gasteiger partial charge >= 0.3 is 0 Å². The molecule has 0 radical (unpaired) electrons. The molecule has 0 unspecified atom stereocenters. The fourth-order valence-electron chi connectivity index (χ4n) is 7.98. The van der Waals surface area contributed by atoms with Crippen LogP contribution in [-0.2, 0) is 26.5 Å². The molecule has 0 saturated carbocycles. The second-order valence-electron chi connectivity index (χ2n) is 19.4. The number of aryl methyl sites for hydroxylation is 3. The van der Waals surface area contributed by atoms with E-state index in [-0.39, 0.29) is 15.7 Å². The highest BCUT2D eigenvalue weighted by Gasteiger charge is 2.28. The van der Waals surface area contributed by atoms with Crippen LogP contribution in [0.2, 0.25) is 0 Å². The fourth-order valence-corrected chi connectivity index (χ4v) is 11.1. The SMILES string of the molecule is Cc1ccc(Nc2nc(Nc3ccc(-n4cnc(CC(C)(C)NS(=O)(=O)c5cccc(Nc6nc(Nc7ccc(C(=O)N8CCCC8)cc7)ncc6C)c5)c4)cc3)ncc2C)cc1S(=O)(=O)NC(C)(C)C. The monoisotopic (exact) mass is 997 g/mol. The Bertz CT molecular complexity index is 3290. The lowest BCUT2D eigenvalue weighted by atomic mass is 10.0. The van der Waals surface area contributed by atoms with Gasteiger partial charge in [-0.05, 0) is 153 Å². The van der Waals surface area contributed by atoms with Crippen LogP contribution in [0.3, 0.4) is 0 Å². The molecule has 1 amide bonds. The van der Waals surface area contributed by atoms with Crippen molar-refractivity contribution in [1.29, 1.82) is 0 Å². The van der Waals surface area contributed by atoms with Crippen LogP contribution < -0.4 is 30.7 Å². The number of hydrogen-bond acceptors (Lipinski definition) is 14. The third-order valence-corrected chi connectivity index (χ3v) is 15.0. The number of carbonyl (C=O) groups excluding carboxylic acids is 1. The highest BCUT2D eigenvalue weighted by Crippen LogP contribution is 2.28. The molecule has 4 aromatic carbocycles. The predicted molar refractivity (Wildman–Crippen MR) is 278 cm³/mol. The molecular weight excluding hydrogens is 939 g/mol. The van der Waals surface area contributed by atoms with Crippen LogP contribution in [0.25, 0.3) is 5.69 Å². The first-order valence-corrected chi connectivity index (χ1v) is 26.1. The summed E-state index contributed by atoms with van der Waals surface area (Å²) < 4.78 is 61.5. The quantitative estimate of drug-likeness (QED) is 0.0500. The van der Waals surface area contributed by atoms with Gasteiger partial charge in [0.05, 0.1) is 21.8 Å². The molecule has 1 aliphatic heterocycles. The number of nitrogens with zero attached hydrogens (tertiary/aromatic N) is 7. The predicted octanol–water partition coefficient (Wildman–Crippen LogP) is 8.96. The molecule has 370 valence electrons. The van der Waals surface area contributed by atoms with Crippen molar-refractivity contribution in [1.82, 2.24) is 43.8 Å². The van der Waals surface area contributed by atoms with Gasteiger partial charge in [-0.1, -0.05) is 12.1 Å². The molecule has 3 aromatic heterocycles. The van der Waals surface area contributed by atoms with Gasteiger partial charge in [0, 0.05) is 94.3 Å². The van der Waals surface area contributed by atoms with Crippen molar-refractivity contribution >= 4 is 72.2 Å². The summed E-state index contributed by atoms with van der Waals surface area (Å²) in [7, 11) is -7.75. The Morgan fingerprint density at radius 3 is 1.77 bits per heavy atom. The van der Waals surface area contributed by atoms with Gasteiger partial charge in [-0.15, -0.1) is 0 Å². The number of nitrogens with one attached hydrogen (secondary N) is 6. The lowest BCUT2D eigenvalue weighted by Crippen LogP contribution is -2.45. The van der Waals surface area contributed by atoms with E-state index in [0.717, 1.165) is 54.1 Å². The molecule has 71 heavy (non-hydrogen) atoms. The van der Waals surface area contributed by atoms with E-state index in [2.05, 4.69) is 55.6 Å². The molecular formula is C51H59N13O5S2. The summed E-state index contributed by atoms with van der Waals surface area (Å²) in [5.74, 6) is 1.71. The average Bonchev–Trinajstić information content (AvgIpc) is 4.02. The molecule has 0 spiro atoms. The van der Waals surface area contributed by atoms with E-state index in [0.29, 0.717) is 58.1 Å². The van der Waals surface area contributed by atoms with Crippen LogP contribution in [0.5, 0.6) is 0 Å². The number of sulfonamides is 2. The van der Waals surface area contributed by atoms with Crippen molar-refractivity contribution in [2.24, 2.45) is 0 Å². The maximum absolute atomic E-state index is 13.8. The summed E-state index contributed by atoms with van der Waals surface area (Å²) in [5.41, 5.74) is 5.27. The second kappa shape index (κ2) is 20.2. The van der Waals surface area contributed by atoms with Gasteiger partial charge in [0.2, 0.25) is 31.9 Å². The Morgan fingerprint density at radius 2 is 1.18 bits per heavy atom. The molecule has 20 heteroatoms. The number of anilines is 8. The summed E-state index contributed by atoms with van der Waals surface area (Å²) in [6.45, 7) is 16.1. The summed E-state index contributed by atoms with van der Waals surface area (Å²) in [4.78, 5) is 37.7. The summed E-state index contributed by atoms with van der Waals surface area (Å²) in [5, 5.41) is 12.9. The lowest BCUT2D eigenvalue weighted by Gasteiger charge is -2.25. The van der Waals surface area contributed by atoms with Gasteiger partial charge in [-0.3, -0.25) is 4.79 Å². The number of aromatic nitrogens is 6. The molecule has 1 saturated heterocycles. The van der Waals surface area contributed by atoms with Gasteiger partial charge in [-0.25, -0.2) is 41.2 Å². The van der Waals surface area contributed by atoms with Gasteiger partial charge in [0.15, 0.2) is 0 Å². The van der Waals surface area contributed by atoms with Gasteiger partial charge < -0.3 is 30.7 Å². The first-order valence-electron chi connectivity index (χ1n) is 23.1. The molecule has 0 bridgehead atoms. The molecule has 18 nitrogen and oxygen atoms in total. The number of rotatable bonds is 17. The topological polar surface area (TPSA) is 230 Å². The standard InChI is InChI=1S/C51H59N13O5S2/c1-33-14-17-40(27-44(33)71(68,69)61-50(4,5)6)56-46-35(3)30-53-49(60-46)58-38-20-22-42(23-21-38)64-31-41(54-32-64)28-51(7,8)62-70(66,67)43-13-11-12-39(26-43)55-45-34(2)29-52-48(59-45)57-37-18-15-36(16-19-37)47(65)63-24-9-10-25-63/h11-23,26-27,29-32,61-62H,9-10,24-25,28H2,1-8H3,(H2,52,55,57,59)(H2,53,56,58,60). The highest BCUT2D eigenvalue weighted by atomic mass is 32.2. The molecule has 0 aliphatic carbocycles. The Kier molecular flexibility index (Phi) is 14.3. The van der Waals surface area contributed by atoms with E-state index in [1.54, 1.807) is 101 Å². The Hall–Kier alpha value is -7.26. The van der Waals surface area contributed by atoms with Gasteiger partial charge in [0.25, 0.3) is 5.91 Å². The number of likely N-dealkylation sites (tertiary alicyclic amines) is 1. The molecule has 7 aromatic rings. The number of hydrogen-bond donors (Lipinski definition) is 6. The van der Waals surface area contributed by atoms with Crippen molar-refractivity contribution in [3.63, 3.8) is 0 Å². The average molecular weight is 998 g/mol. The summed E-state index contributed by atoms with van der Waals surface area (Å²) >= 11 is 0. The zero-order valence-electron chi connectivity index (χ0n) is 41.0. The molecule has 0 atom stereocenters. The fraction of sp³-hybridized carbons (Fsp3) is 0.294. The highest BCUT2D eigenvalue weighted by molar-refractivity contribution is 7.89. The third kappa shape index (κ3) is 12.7. The van der Waals surface area contributed by atoms with Crippen molar-refractivity contribution in [3.8, 4) is 5.69 Å². The van der Waals surface area contributed by atoms with Crippen molar-refractivity contribution in [2.75, 3.05) is 34.4 Å². The molecule has 8 rings (SSSR count). The summed E-state index contributed by atoms with van der Waals surface area (Å²) in [6, 6.07) is 26.5. The minimum atomic E-state index is -3.98. The molecule has 4 heterocycles. The first kappa shape index (κ1) is 50.1. The Labute approximate surface area is 415 Å². The van der Waals surface area contributed by atoms with Gasteiger partial charge in [0.1, 0.15) is 11.6 Å². The Balaban J connectivity index is 0.869. The normalized spacial score (nSPS) is 13.3. The largest absolute Gasteiger partial charge is 0.340 e. The molecule has 1 fully saturated rings. The zero-order chi connectivity index (χ0) is 50.7. The molecule has 6 N–H and O–H groups in total. The Morgan fingerprint density at radius 1 is 0.620 bits per heavy atom. The first-order chi connectivity index (χ1) is 33.6. The van der Waals surface area contributed by atoms with E-state index in [9.17, 15) is 21.6 Å². The van der Waals surface area contributed by atoms with E-state index < -0.39 is 31.1 Å². The zero-order valence-corrected chi connectivity index (χ0v) is 42.6. The smallest absolute Gasteiger partial charge is 0.253 e. The van der Waals surface area contributed by atoms with Crippen molar-refractivity contribution in [2.45, 2.75) is 95.5 Å².